The van der Waals surface area contributed by atoms with E-state index < -0.39 is 0 Å². The van der Waals surface area contributed by atoms with Crippen LogP contribution >= 0.6 is 11.3 Å². The molecule has 0 aliphatic carbocycles. The number of hydrogen-bond acceptors (Lipinski definition) is 6. The molecule has 0 saturated carbocycles. The molecule has 1 aromatic carbocycles. The number of carbonyl (C=O) groups excluding carboxylic acids is 1. The molecule has 7 heteroatoms. The van der Waals surface area contributed by atoms with Crippen molar-refractivity contribution in [3.63, 3.8) is 0 Å². The third-order valence-corrected chi connectivity index (χ3v) is 4.47. The van der Waals surface area contributed by atoms with Crippen LogP contribution in [0.2, 0.25) is 0 Å². The fourth-order valence-electron chi connectivity index (χ4n) is 2.55. The number of para-hydroxylation sites is 1. The highest BCUT2D eigenvalue weighted by Gasteiger charge is 2.16. The minimum atomic E-state index is -0.351. The third-order valence-electron chi connectivity index (χ3n) is 3.71. The number of hydrogen-bond donors (Lipinski definition) is 1. The first kappa shape index (κ1) is 16.3. The van der Waals surface area contributed by atoms with Gasteiger partial charge in [-0.15, -0.1) is 11.3 Å². The minimum Gasteiger partial charge on any atom is -0.490 e. The highest BCUT2D eigenvalue weighted by atomic mass is 32.1. The lowest BCUT2D eigenvalue weighted by Crippen LogP contribution is -2.10. The maximum absolute atomic E-state index is 12.5. The van der Waals surface area contributed by atoms with E-state index in [0.717, 1.165) is 16.6 Å². The number of carbonyl (C=O) groups is 1. The number of pyridine rings is 1. The summed E-state index contributed by atoms with van der Waals surface area (Å²) < 4.78 is 11.2. The van der Waals surface area contributed by atoms with Crippen LogP contribution in [0.3, 0.4) is 0 Å². The number of thiazole rings is 1. The van der Waals surface area contributed by atoms with Gasteiger partial charge in [0.15, 0.2) is 22.2 Å². The molecule has 26 heavy (non-hydrogen) atoms. The van der Waals surface area contributed by atoms with Crippen molar-refractivity contribution in [1.29, 1.82) is 0 Å². The molecule has 4 rings (SSSR count). The Morgan fingerprint density at radius 3 is 3.04 bits per heavy atom. The maximum atomic E-state index is 12.5. The lowest BCUT2D eigenvalue weighted by molar-refractivity contribution is 0.0998. The summed E-state index contributed by atoms with van der Waals surface area (Å²) in [6.07, 6.45) is 3.44. The van der Waals surface area contributed by atoms with Crippen molar-refractivity contribution < 1.29 is 13.9 Å². The lowest BCUT2D eigenvalue weighted by Gasteiger charge is -2.02. The Morgan fingerprint density at radius 1 is 1.31 bits per heavy atom. The van der Waals surface area contributed by atoms with Crippen LogP contribution in [-0.4, -0.2) is 22.5 Å². The molecule has 0 fully saturated rings. The Hall–Kier alpha value is -3.19. The third kappa shape index (κ3) is 3.16. The predicted octanol–water partition coefficient (Wildman–Crippen LogP) is 4.60. The second-order valence-electron chi connectivity index (χ2n) is 5.45. The number of furan rings is 1. The largest absolute Gasteiger partial charge is 0.490 e. The molecule has 3 heterocycles. The van der Waals surface area contributed by atoms with E-state index in [4.69, 9.17) is 9.15 Å². The van der Waals surface area contributed by atoms with Gasteiger partial charge >= 0.3 is 0 Å². The lowest BCUT2D eigenvalue weighted by atomic mass is 10.2. The quantitative estimate of drug-likeness (QED) is 0.559. The zero-order chi connectivity index (χ0) is 17.9. The van der Waals surface area contributed by atoms with Gasteiger partial charge in [-0.3, -0.25) is 15.1 Å². The van der Waals surface area contributed by atoms with Gasteiger partial charge in [-0.05, 0) is 31.2 Å². The Morgan fingerprint density at radius 2 is 2.23 bits per heavy atom. The summed E-state index contributed by atoms with van der Waals surface area (Å²) in [6, 6.07) is 11.0. The topological polar surface area (TPSA) is 77.2 Å². The number of aromatic nitrogens is 2. The molecule has 0 unspecified atom stereocenters. The van der Waals surface area contributed by atoms with E-state index in [-0.39, 0.29) is 11.7 Å². The molecule has 0 aliphatic heterocycles. The molecule has 0 bridgehead atoms. The molecule has 0 radical (unpaired) electrons. The summed E-state index contributed by atoms with van der Waals surface area (Å²) >= 11 is 1.35. The molecular weight excluding hydrogens is 350 g/mol. The Labute approximate surface area is 153 Å². The van der Waals surface area contributed by atoms with Crippen LogP contribution in [0.4, 0.5) is 5.13 Å². The van der Waals surface area contributed by atoms with Gasteiger partial charge in [0.25, 0.3) is 5.91 Å². The summed E-state index contributed by atoms with van der Waals surface area (Å²) in [5, 5.41) is 5.96. The average molecular weight is 365 g/mol. The molecule has 1 amide bonds. The van der Waals surface area contributed by atoms with E-state index in [9.17, 15) is 4.79 Å². The van der Waals surface area contributed by atoms with Gasteiger partial charge in [0, 0.05) is 28.7 Å². The highest BCUT2D eigenvalue weighted by molar-refractivity contribution is 7.14. The summed E-state index contributed by atoms with van der Waals surface area (Å²) in [5.41, 5.74) is 2.23. The van der Waals surface area contributed by atoms with Crippen molar-refractivity contribution in [2.45, 2.75) is 6.92 Å². The van der Waals surface area contributed by atoms with Crippen LogP contribution < -0.4 is 10.1 Å². The van der Waals surface area contributed by atoms with Gasteiger partial charge in [-0.2, -0.15) is 0 Å². The summed E-state index contributed by atoms with van der Waals surface area (Å²) in [5.74, 6) is 0.484. The van der Waals surface area contributed by atoms with Crippen LogP contribution in [0, 0.1) is 0 Å². The van der Waals surface area contributed by atoms with Crippen LogP contribution in [0.1, 0.15) is 17.5 Å². The molecule has 6 nitrogen and oxygen atoms in total. The van der Waals surface area contributed by atoms with E-state index >= 15 is 0 Å². The average Bonchev–Trinajstić information content (AvgIpc) is 3.30. The summed E-state index contributed by atoms with van der Waals surface area (Å²) in [7, 11) is 0. The summed E-state index contributed by atoms with van der Waals surface area (Å²) in [4.78, 5) is 21.0. The number of benzene rings is 1. The van der Waals surface area contributed by atoms with E-state index in [0.29, 0.717) is 23.1 Å². The Balaban J connectivity index is 1.56. The monoisotopic (exact) mass is 365 g/mol. The highest BCUT2D eigenvalue weighted by Crippen LogP contribution is 2.30. The van der Waals surface area contributed by atoms with Crippen molar-refractivity contribution in [3.8, 4) is 17.0 Å². The first-order valence-electron chi connectivity index (χ1n) is 8.07. The molecular formula is C19H15N3O3S. The SMILES string of the molecule is CCOc1cccc2cc(C(=O)Nc3nc(-c4cccnc4)cs3)oc12. The molecule has 3 aromatic heterocycles. The fraction of sp³-hybridized carbons (Fsp3) is 0.105. The molecule has 1 N–H and O–H groups in total. The first-order valence-corrected chi connectivity index (χ1v) is 8.95. The van der Waals surface area contributed by atoms with E-state index in [2.05, 4.69) is 15.3 Å². The molecule has 0 saturated heterocycles. The number of anilines is 1. The van der Waals surface area contributed by atoms with Gasteiger partial charge in [0.2, 0.25) is 0 Å². The van der Waals surface area contributed by atoms with Crippen molar-refractivity contribution in [3.05, 3.63) is 59.9 Å². The van der Waals surface area contributed by atoms with Gasteiger partial charge in [-0.25, -0.2) is 4.98 Å². The number of nitrogens with zero attached hydrogens (tertiary/aromatic N) is 2. The smallest absolute Gasteiger partial charge is 0.293 e. The molecule has 130 valence electrons. The molecule has 0 atom stereocenters. The van der Waals surface area contributed by atoms with Crippen LogP contribution in [0.5, 0.6) is 5.75 Å². The predicted molar refractivity (Wildman–Crippen MR) is 101 cm³/mol. The van der Waals surface area contributed by atoms with Gasteiger partial charge in [0.1, 0.15) is 0 Å². The van der Waals surface area contributed by atoms with Gasteiger partial charge in [-0.1, -0.05) is 12.1 Å². The van der Waals surface area contributed by atoms with Crippen molar-refractivity contribution in [2.24, 2.45) is 0 Å². The fourth-order valence-corrected chi connectivity index (χ4v) is 3.27. The second kappa shape index (κ2) is 6.97. The second-order valence-corrected chi connectivity index (χ2v) is 6.31. The normalized spacial score (nSPS) is 10.8. The molecule has 0 spiro atoms. The maximum Gasteiger partial charge on any atom is 0.293 e. The number of ether oxygens (including phenoxy) is 1. The van der Waals surface area contributed by atoms with Crippen molar-refractivity contribution >= 4 is 33.3 Å². The zero-order valence-electron chi connectivity index (χ0n) is 13.9. The Kier molecular flexibility index (Phi) is 4.37. The Bertz CT molecular complexity index is 1060. The number of amides is 1. The van der Waals surface area contributed by atoms with E-state index in [1.54, 1.807) is 18.5 Å². The number of fused-ring (bicyclic) bond motifs is 1. The van der Waals surface area contributed by atoms with Crippen molar-refractivity contribution in [1.82, 2.24) is 9.97 Å². The molecule has 4 aromatic rings. The van der Waals surface area contributed by atoms with Gasteiger partial charge in [0.05, 0.1) is 12.3 Å². The number of rotatable bonds is 5. The minimum absolute atomic E-state index is 0.213. The summed E-state index contributed by atoms with van der Waals surface area (Å²) in [6.45, 7) is 2.43. The number of nitrogens with one attached hydrogen (secondary N) is 1. The van der Waals surface area contributed by atoms with Crippen LogP contribution in [-0.2, 0) is 0 Å². The standard InChI is InChI=1S/C19H15N3O3S/c1-2-24-15-7-3-5-12-9-16(25-17(12)15)18(23)22-19-21-14(11-26-19)13-6-4-8-20-10-13/h3-11H,2H2,1H3,(H,21,22,23). The van der Waals surface area contributed by atoms with E-state index in [1.807, 2.05) is 42.6 Å². The van der Waals surface area contributed by atoms with Gasteiger partial charge < -0.3 is 9.15 Å². The zero-order valence-corrected chi connectivity index (χ0v) is 14.7. The van der Waals surface area contributed by atoms with E-state index in [1.165, 1.54) is 11.3 Å². The van der Waals surface area contributed by atoms with Crippen LogP contribution in [0.15, 0.2) is 58.6 Å². The first-order chi connectivity index (χ1) is 12.7. The van der Waals surface area contributed by atoms with Crippen LogP contribution in [0.25, 0.3) is 22.2 Å². The molecule has 0 aliphatic rings. The van der Waals surface area contributed by atoms with Crippen molar-refractivity contribution in [2.75, 3.05) is 11.9 Å².